The van der Waals surface area contributed by atoms with Crippen LogP contribution in [0.25, 0.3) is 5.69 Å². The molecule has 2 aromatic rings. The Morgan fingerprint density at radius 1 is 1.40 bits per heavy atom. The average Bonchev–Trinajstić information content (AvgIpc) is 2.66. The van der Waals surface area contributed by atoms with Crippen LogP contribution in [0.2, 0.25) is 0 Å². The van der Waals surface area contributed by atoms with E-state index in [-0.39, 0.29) is 16.5 Å². The van der Waals surface area contributed by atoms with Crippen LogP contribution in [0.3, 0.4) is 0 Å². The predicted octanol–water partition coefficient (Wildman–Crippen LogP) is 1.60. The third kappa shape index (κ3) is 2.62. The van der Waals surface area contributed by atoms with Gasteiger partial charge in [-0.25, -0.2) is 13.1 Å². The molecule has 1 aromatic heterocycles. The van der Waals surface area contributed by atoms with Crippen molar-refractivity contribution in [1.82, 2.24) is 9.78 Å². The molecule has 0 fully saturated rings. The molecule has 0 aliphatic carbocycles. The van der Waals surface area contributed by atoms with Crippen molar-refractivity contribution in [2.75, 3.05) is 23.9 Å². The molecule has 0 spiro atoms. The molecule has 0 saturated carbocycles. The van der Waals surface area contributed by atoms with E-state index in [2.05, 4.69) is 10.4 Å². The molecule has 7 heteroatoms. The number of nitrogens with zero attached hydrogens (tertiary/aromatic N) is 2. The van der Waals surface area contributed by atoms with Crippen LogP contribution in [0.1, 0.15) is 12.5 Å². The first-order valence-electron chi connectivity index (χ1n) is 6.24. The standard InChI is InChI=1S/C13H18N4O2S/c1-4-15-13-11(20(3,18)19)12(14)17(16-13)10-7-5-6-9(2)8-10/h5-8H,4,14H2,1-3H3,(H,15,16). The van der Waals surface area contributed by atoms with Crippen LogP contribution < -0.4 is 11.1 Å². The zero-order chi connectivity index (χ0) is 14.9. The number of sulfone groups is 1. The fourth-order valence-corrected chi connectivity index (χ4v) is 2.95. The van der Waals surface area contributed by atoms with Gasteiger partial charge in [-0.2, -0.15) is 0 Å². The summed E-state index contributed by atoms with van der Waals surface area (Å²) in [5, 5.41) is 7.22. The Balaban J connectivity index is 2.68. The molecule has 108 valence electrons. The monoisotopic (exact) mass is 294 g/mol. The molecular formula is C13H18N4O2S. The number of hydrogen-bond donors (Lipinski definition) is 2. The Hall–Kier alpha value is -2.02. The van der Waals surface area contributed by atoms with Crippen molar-refractivity contribution >= 4 is 21.5 Å². The highest BCUT2D eigenvalue weighted by atomic mass is 32.2. The van der Waals surface area contributed by atoms with Gasteiger partial charge in [0.05, 0.1) is 5.69 Å². The summed E-state index contributed by atoms with van der Waals surface area (Å²) in [7, 11) is -3.45. The zero-order valence-corrected chi connectivity index (χ0v) is 12.5. The Bertz CT molecular complexity index is 735. The predicted molar refractivity (Wildman–Crippen MR) is 80.0 cm³/mol. The van der Waals surface area contributed by atoms with Gasteiger partial charge in [0.2, 0.25) is 0 Å². The summed E-state index contributed by atoms with van der Waals surface area (Å²) in [5.74, 6) is 0.406. The van der Waals surface area contributed by atoms with E-state index in [0.29, 0.717) is 6.54 Å². The Morgan fingerprint density at radius 2 is 2.10 bits per heavy atom. The van der Waals surface area contributed by atoms with Crippen molar-refractivity contribution in [3.05, 3.63) is 29.8 Å². The largest absolute Gasteiger partial charge is 0.382 e. The first-order chi connectivity index (χ1) is 9.34. The van der Waals surface area contributed by atoms with Crippen LogP contribution in [0.5, 0.6) is 0 Å². The lowest BCUT2D eigenvalue weighted by Crippen LogP contribution is -2.06. The summed E-state index contributed by atoms with van der Waals surface area (Å²) in [6, 6.07) is 7.55. The molecule has 3 N–H and O–H groups in total. The molecule has 1 heterocycles. The van der Waals surface area contributed by atoms with Crippen LogP contribution in [-0.4, -0.2) is 31.0 Å². The number of rotatable bonds is 4. The molecule has 0 saturated heterocycles. The molecule has 0 radical (unpaired) electrons. The van der Waals surface area contributed by atoms with Crippen molar-refractivity contribution in [1.29, 1.82) is 0 Å². The van der Waals surface area contributed by atoms with Gasteiger partial charge >= 0.3 is 0 Å². The van der Waals surface area contributed by atoms with Gasteiger partial charge in [0.15, 0.2) is 20.6 Å². The van der Waals surface area contributed by atoms with Crippen LogP contribution in [-0.2, 0) is 9.84 Å². The first-order valence-corrected chi connectivity index (χ1v) is 8.13. The summed E-state index contributed by atoms with van der Waals surface area (Å²) in [4.78, 5) is 0.0425. The second-order valence-electron chi connectivity index (χ2n) is 4.62. The third-order valence-corrected chi connectivity index (χ3v) is 3.98. The van der Waals surface area contributed by atoms with E-state index in [1.807, 2.05) is 38.1 Å². The number of benzene rings is 1. The number of aromatic nitrogens is 2. The van der Waals surface area contributed by atoms with E-state index < -0.39 is 9.84 Å². The third-order valence-electron chi connectivity index (χ3n) is 2.84. The molecule has 0 aliphatic rings. The molecule has 2 rings (SSSR count). The lowest BCUT2D eigenvalue weighted by atomic mass is 10.2. The zero-order valence-electron chi connectivity index (χ0n) is 11.7. The summed E-state index contributed by atoms with van der Waals surface area (Å²) in [5.41, 5.74) is 7.76. The minimum atomic E-state index is -3.45. The van der Waals surface area contributed by atoms with Crippen LogP contribution >= 0.6 is 0 Å². The maximum atomic E-state index is 11.9. The van der Waals surface area contributed by atoms with E-state index in [9.17, 15) is 8.42 Å². The fourth-order valence-electron chi connectivity index (χ4n) is 2.02. The molecular weight excluding hydrogens is 276 g/mol. The van der Waals surface area contributed by atoms with Crippen molar-refractivity contribution in [2.45, 2.75) is 18.7 Å². The number of anilines is 2. The van der Waals surface area contributed by atoms with Crippen molar-refractivity contribution in [3.8, 4) is 5.69 Å². The van der Waals surface area contributed by atoms with Crippen LogP contribution in [0.4, 0.5) is 11.6 Å². The Labute approximate surface area is 118 Å². The maximum absolute atomic E-state index is 11.9. The van der Waals surface area contributed by atoms with Crippen LogP contribution in [0.15, 0.2) is 29.2 Å². The minimum absolute atomic E-state index is 0.0425. The average molecular weight is 294 g/mol. The maximum Gasteiger partial charge on any atom is 0.182 e. The molecule has 0 unspecified atom stereocenters. The highest BCUT2D eigenvalue weighted by molar-refractivity contribution is 7.91. The lowest BCUT2D eigenvalue weighted by Gasteiger charge is -2.05. The SMILES string of the molecule is CCNc1nn(-c2cccc(C)c2)c(N)c1S(C)(=O)=O. The molecule has 20 heavy (non-hydrogen) atoms. The van der Waals surface area contributed by atoms with E-state index in [0.717, 1.165) is 17.5 Å². The van der Waals surface area contributed by atoms with E-state index in [4.69, 9.17) is 5.73 Å². The quantitative estimate of drug-likeness (QED) is 0.894. The van der Waals surface area contributed by atoms with Crippen molar-refractivity contribution in [3.63, 3.8) is 0 Å². The Kier molecular flexibility index (Phi) is 3.71. The molecule has 1 aromatic carbocycles. The molecule has 0 atom stereocenters. The number of aryl methyl sites for hydroxylation is 1. The lowest BCUT2D eigenvalue weighted by molar-refractivity contribution is 0.602. The van der Waals surface area contributed by atoms with E-state index >= 15 is 0 Å². The van der Waals surface area contributed by atoms with Crippen LogP contribution in [0, 0.1) is 6.92 Å². The summed E-state index contributed by atoms with van der Waals surface area (Å²) >= 11 is 0. The van der Waals surface area contributed by atoms with Gasteiger partial charge in [-0.15, -0.1) is 5.10 Å². The summed E-state index contributed by atoms with van der Waals surface area (Å²) in [6.07, 6.45) is 1.13. The van der Waals surface area contributed by atoms with Gasteiger partial charge in [-0.3, -0.25) is 0 Å². The van der Waals surface area contributed by atoms with Gasteiger partial charge in [-0.1, -0.05) is 12.1 Å². The van der Waals surface area contributed by atoms with Crippen molar-refractivity contribution in [2.24, 2.45) is 0 Å². The molecule has 0 bridgehead atoms. The van der Waals surface area contributed by atoms with Gasteiger partial charge in [-0.05, 0) is 31.5 Å². The summed E-state index contributed by atoms with van der Waals surface area (Å²) in [6.45, 7) is 4.38. The number of nitrogens with one attached hydrogen (secondary N) is 1. The van der Waals surface area contributed by atoms with Gasteiger partial charge in [0.25, 0.3) is 0 Å². The summed E-state index contributed by atoms with van der Waals surface area (Å²) < 4.78 is 25.2. The normalized spacial score (nSPS) is 11.6. The molecule has 0 aliphatic heterocycles. The topological polar surface area (TPSA) is 90.0 Å². The van der Waals surface area contributed by atoms with Gasteiger partial charge in [0, 0.05) is 12.8 Å². The van der Waals surface area contributed by atoms with Crippen molar-refractivity contribution < 1.29 is 8.42 Å². The molecule has 6 nitrogen and oxygen atoms in total. The van der Waals surface area contributed by atoms with E-state index in [1.54, 1.807) is 0 Å². The highest BCUT2D eigenvalue weighted by Crippen LogP contribution is 2.29. The minimum Gasteiger partial charge on any atom is -0.382 e. The van der Waals surface area contributed by atoms with Gasteiger partial charge in [0.1, 0.15) is 5.82 Å². The second-order valence-corrected chi connectivity index (χ2v) is 6.57. The Morgan fingerprint density at radius 3 is 2.65 bits per heavy atom. The number of nitrogens with two attached hydrogens (primary N) is 1. The van der Waals surface area contributed by atoms with Gasteiger partial charge < -0.3 is 11.1 Å². The highest BCUT2D eigenvalue weighted by Gasteiger charge is 2.24. The fraction of sp³-hybridized carbons (Fsp3) is 0.308. The number of nitrogen functional groups attached to an aromatic ring is 1. The number of hydrogen-bond acceptors (Lipinski definition) is 5. The second kappa shape index (κ2) is 5.16. The smallest absolute Gasteiger partial charge is 0.182 e. The first kappa shape index (κ1) is 14.4. The molecule has 0 amide bonds. The van der Waals surface area contributed by atoms with E-state index in [1.165, 1.54) is 4.68 Å².